The summed E-state index contributed by atoms with van der Waals surface area (Å²) in [7, 11) is 0. The fourth-order valence-electron chi connectivity index (χ4n) is 2.64. The summed E-state index contributed by atoms with van der Waals surface area (Å²) in [5, 5.41) is 2.88. The zero-order valence-electron chi connectivity index (χ0n) is 13.0. The highest BCUT2D eigenvalue weighted by atomic mass is 16.2. The quantitative estimate of drug-likeness (QED) is 0.842. The largest absolute Gasteiger partial charge is 0.351 e. The average molecular weight is 289 g/mol. The number of nitrogens with two attached hydrogens (primary N) is 1. The number of hydrogen-bond acceptors (Lipinski definition) is 3. The maximum atomic E-state index is 11.6. The lowest BCUT2D eigenvalue weighted by Crippen LogP contribution is -2.39. The second kappa shape index (κ2) is 8.15. The van der Waals surface area contributed by atoms with E-state index in [0.717, 1.165) is 12.1 Å². The Hall–Kier alpha value is -1.39. The molecule has 4 nitrogen and oxygen atoms in total. The fraction of sp³-hybridized carbons (Fsp3) is 0.588. The van der Waals surface area contributed by atoms with Crippen molar-refractivity contribution in [2.45, 2.75) is 51.7 Å². The minimum Gasteiger partial charge on any atom is -0.351 e. The van der Waals surface area contributed by atoms with Gasteiger partial charge in [-0.1, -0.05) is 37.6 Å². The van der Waals surface area contributed by atoms with Crippen molar-refractivity contribution in [3.05, 3.63) is 35.4 Å². The predicted octanol–water partition coefficient (Wildman–Crippen LogP) is 2.03. The van der Waals surface area contributed by atoms with Gasteiger partial charge in [0.25, 0.3) is 0 Å². The van der Waals surface area contributed by atoms with Crippen LogP contribution in [-0.4, -0.2) is 29.9 Å². The molecule has 1 saturated heterocycles. The van der Waals surface area contributed by atoms with Crippen LogP contribution < -0.4 is 11.1 Å². The number of rotatable bonds is 6. The highest BCUT2D eigenvalue weighted by Gasteiger charge is 2.11. The zero-order valence-corrected chi connectivity index (χ0v) is 13.0. The smallest absolute Gasteiger partial charge is 0.237 e. The summed E-state index contributed by atoms with van der Waals surface area (Å²) < 4.78 is 0. The monoisotopic (exact) mass is 289 g/mol. The van der Waals surface area contributed by atoms with Crippen LogP contribution in [0.5, 0.6) is 0 Å². The molecule has 21 heavy (non-hydrogen) atoms. The van der Waals surface area contributed by atoms with Crippen molar-refractivity contribution >= 4 is 5.91 Å². The molecular formula is C17H27N3O. The van der Waals surface area contributed by atoms with Gasteiger partial charge in [0.05, 0.1) is 6.04 Å². The van der Waals surface area contributed by atoms with E-state index >= 15 is 0 Å². The highest BCUT2D eigenvalue weighted by molar-refractivity contribution is 5.81. The SMILES string of the molecule is CCC(N)C(=O)NCc1ccc(CN2CCCCC2)cc1. The summed E-state index contributed by atoms with van der Waals surface area (Å²) in [6, 6.07) is 8.11. The molecule has 1 atom stereocenters. The number of nitrogens with one attached hydrogen (secondary N) is 1. The number of likely N-dealkylation sites (tertiary alicyclic amines) is 1. The Morgan fingerprint density at radius 1 is 1.19 bits per heavy atom. The van der Waals surface area contributed by atoms with Gasteiger partial charge in [-0.15, -0.1) is 0 Å². The number of nitrogens with zero attached hydrogens (tertiary/aromatic N) is 1. The molecule has 1 heterocycles. The standard InChI is InChI=1S/C17H27N3O/c1-2-16(18)17(21)19-12-14-6-8-15(9-7-14)13-20-10-4-3-5-11-20/h6-9,16H,2-5,10-13,18H2,1H3,(H,19,21). The Balaban J connectivity index is 1.80. The van der Waals surface area contributed by atoms with E-state index in [1.165, 1.54) is 37.9 Å². The second-order valence-electron chi connectivity index (χ2n) is 5.89. The molecule has 0 radical (unpaired) electrons. The Bertz CT molecular complexity index is 438. The third kappa shape index (κ3) is 5.14. The molecule has 1 amide bonds. The molecule has 1 aromatic rings. The molecule has 1 aromatic carbocycles. The highest BCUT2D eigenvalue weighted by Crippen LogP contribution is 2.13. The number of benzene rings is 1. The molecule has 0 spiro atoms. The van der Waals surface area contributed by atoms with E-state index in [0.29, 0.717) is 13.0 Å². The van der Waals surface area contributed by atoms with Crippen LogP contribution in [0, 0.1) is 0 Å². The van der Waals surface area contributed by atoms with E-state index in [1.54, 1.807) is 0 Å². The summed E-state index contributed by atoms with van der Waals surface area (Å²) in [6.07, 6.45) is 4.68. The van der Waals surface area contributed by atoms with E-state index in [9.17, 15) is 4.79 Å². The van der Waals surface area contributed by atoms with Gasteiger partial charge in [-0.3, -0.25) is 9.69 Å². The minimum absolute atomic E-state index is 0.0742. The van der Waals surface area contributed by atoms with Gasteiger partial charge >= 0.3 is 0 Å². The maximum absolute atomic E-state index is 11.6. The van der Waals surface area contributed by atoms with Gasteiger partial charge in [0.15, 0.2) is 0 Å². The second-order valence-corrected chi connectivity index (χ2v) is 5.89. The molecule has 3 N–H and O–H groups in total. The van der Waals surface area contributed by atoms with E-state index in [1.807, 2.05) is 6.92 Å². The van der Waals surface area contributed by atoms with Crippen molar-refractivity contribution < 1.29 is 4.79 Å². The molecule has 1 unspecified atom stereocenters. The van der Waals surface area contributed by atoms with Crippen LogP contribution in [0.3, 0.4) is 0 Å². The molecule has 1 aliphatic heterocycles. The van der Waals surface area contributed by atoms with E-state index in [2.05, 4.69) is 34.5 Å². The van der Waals surface area contributed by atoms with Gasteiger partial charge in [0, 0.05) is 13.1 Å². The Morgan fingerprint density at radius 2 is 1.81 bits per heavy atom. The number of hydrogen-bond donors (Lipinski definition) is 2. The summed E-state index contributed by atoms with van der Waals surface area (Å²) in [4.78, 5) is 14.1. The molecule has 0 saturated carbocycles. The third-order valence-corrected chi connectivity index (χ3v) is 4.12. The maximum Gasteiger partial charge on any atom is 0.237 e. The lowest BCUT2D eigenvalue weighted by Gasteiger charge is -2.26. The summed E-state index contributed by atoms with van der Waals surface area (Å²) in [5.74, 6) is -0.0742. The summed E-state index contributed by atoms with van der Waals surface area (Å²) >= 11 is 0. The normalized spacial score (nSPS) is 17.4. The van der Waals surface area contributed by atoms with Crippen molar-refractivity contribution in [2.75, 3.05) is 13.1 Å². The van der Waals surface area contributed by atoms with Gasteiger partial charge in [-0.2, -0.15) is 0 Å². The fourth-order valence-corrected chi connectivity index (χ4v) is 2.64. The van der Waals surface area contributed by atoms with Gasteiger partial charge in [-0.25, -0.2) is 0 Å². The molecule has 1 aliphatic rings. The van der Waals surface area contributed by atoms with Crippen molar-refractivity contribution in [3.63, 3.8) is 0 Å². The van der Waals surface area contributed by atoms with Crippen LogP contribution in [0.2, 0.25) is 0 Å². The lowest BCUT2D eigenvalue weighted by molar-refractivity contribution is -0.122. The minimum atomic E-state index is -0.400. The number of amides is 1. The topological polar surface area (TPSA) is 58.4 Å². The molecule has 116 valence electrons. The van der Waals surface area contributed by atoms with Crippen LogP contribution in [-0.2, 0) is 17.9 Å². The van der Waals surface area contributed by atoms with E-state index in [-0.39, 0.29) is 5.91 Å². The summed E-state index contributed by atoms with van der Waals surface area (Å²) in [6.45, 7) is 5.93. The first-order valence-corrected chi connectivity index (χ1v) is 8.02. The first-order valence-electron chi connectivity index (χ1n) is 8.02. The van der Waals surface area contributed by atoms with Crippen LogP contribution in [0.4, 0.5) is 0 Å². The van der Waals surface area contributed by atoms with Gasteiger partial charge in [0.2, 0.25) is 5.91 Å². The Kier molecular flexibility index (Phi) is 6.21. The predicted molar refractivity (Wildman–Crippen MR) is 85.7 cm³/mol. The van der Waals surface area contributed by atoms with Crippen molar-refractivity contribution in [2.24, 2.45) is 5.73 Å². The molecule has 2 rings (SSSR count). The summed E-state index contributed by atoms with van der Waals surface area (Å²) in [5.41, 5.74) is 8.16. The molecular weight excluding hydrogens is 262 g/mol. The zero-order chi connectivity index (χ0) is 15.1. The van der Waals surface area contributed by atoms with Crippen molar-refractivity contribution in [3.8, 4) is 0 Å². The first kappa shape index (κ1) is 16.0. The third-order valence-electron chi connectivity index (χ3n) is 4.12. The molecule has 0 aromatic heterocycles. The number of carbonyl (C=O) groups excluding carboxylic acids is 1. The first-order chi connectivity index (χ1) is 10.2. The van der Waals surface area contributed by atoms with Crippen LogP contribution in [0.15, 0.2) is 24.3 Å². The van der Waals surface area contributed by atoms with Gasteiger partial charge < -0.3 is 11.1 Å². The van der Waals surface area contributed by atoms with E-state index < -0.39 is 6.04 Å². The van der Waals surface area contributed by atoms with Gasteiger partial charge in [0.1, 0.15) is 0 Å². The molecule has 0 bridgehead atoms. The van der Waals surface area contributed by atoms with Crippen LogP contribution in [0.1, 0.15) is 43.7 Å². The Labute approximate surface area is 127 Å². The number of piperidine rings is 1. The number of carbonyl (C=O) groups is 1. The lowest BCUT2D eigenvalue weighted by atomic mass is 10.1. The molecule has 4 heteroatoms. The van der Waals surface area contributed by atoms with E-state index in [4.69, 9.17) is 5.73 Å². The van der Waals surface area contributed by atoms with Gasteiger partial charge in [-0.05, 0) is 43.5 Å². The average Bonchev–Trinajstić information content (AvgIpc) is 2.54. The molecule has 0 aliphatic carbocycles. The Morgan fingerprint density at radius 3 is 2.43 bits per heavy atom. The van der Waals surface area contributed by atoms with Crippen molar-refractivity contribution in [1.82, 2.24) is 10.2 Å². The van der Waals surface area contributed by atoms with Crippen molar-refractivity contribution in [1.29, 1.82) is 0 Å². The van der Waals surface area contributed by atoms with Crippen LogP contribution in [0.25, 0.3) is 0 Å². The molecule has 1 fully saturated rings. The van der Waals surface area contributed by atoms with Crippen LogP contribution >= 0.6 is 0 Å².